The lowest BCUT2D eigenvalue weighted by Crippen LogP contribution is -2.41. The van der Waals surface area contributed by atoms with E-state index in [2.05, 4.69) is 11.9 Å². The van der Waals surface area contributed by atoms with Crippen molar-refractivity contribution in [1.82, 2.24) is 9.88 Å². The van der Waals surface area contributed by atoms with Gasteiger partial charge in [-0.25, -0.2) is 9.78 Å². The zero-order valence-electron chi connectivity index (χ0n) is 16.5. The van der Waals surface area contributed by atoms with Crippen LogP contribution in [0.5, 0.6) is 0 Å². The van der Waals surface area contributed by atoms with E-state index in [-0.39, 0.29) is 12.5 Å². The zero-order valence-corrected chi connectivity index (χ0v) is 16.5. The van der Waals surface area contributed by atoms with E-state index in [4.69, 9.17) is 4.74 Å². The summed E-state index contributed by atoms with van der Waals surface area (Å²) in [4.78, 5) is 31.8. The second-order valence-electron chi connectivity index (χ2n) is 7.60. The first-order valence-corrected chi connectivity index (χ1v) is 10.0. The molecule has 4 rings (SSSR count). The second-order valence-corrected chi connectivity index (χ2v) is 7.60. The van der Waals surface area contributed by atoms with E-state index >= 15 is 0 Å². The number of fused-ring (bicyclic) bond motifs is 1. The van der Waals surface area contributed by atoms with Crippen LogP contribution in [-0.4, -0.2) is 41.5 Å². The van der Waals surface area contributed by atoms with Gasteiger partial charge < -0.3 is 9.64 Å². The van der Waals surface area contributed by atoms with Crippen LogP contribution in [0.2, 0.25) is 0 Å². The van der Waals surface area contributed by atoms with E-state index in [0.29, 0.717) is 17.2 Å². The van der Waals surface area contributed by atoms with Gasteiger partial charge in [0.1, 0.15) is 0 Å². The largest absolute Gasteiger partial charge is 0.452 e. The summed E-state index contributed by atoms with van der Waals surface area (Å²) in [5, 5.41) is 0.719. The fourth-order valence-electron chi connectivity index (χ4n) is 3.81. The monoisotopic (exact) mass is 388 g/mol. The molecule has 29 heavy (non-hydrogen) atoms. The Balaban J connectivity index is 1.57. The molecule has 1 fully saturated rings. The SMILES string of the molecule is CC1CCCN(C(=O)COC(=O)c2cc(-c3ccccc3)nc3ccccc23)C1. The van der Waals surface area contributed by atoms with Crippen LogP contribution in [0.15, 0.2) is 60.7 Å². The van der Waals surface area contributed by atoms with Crippen molar-refractivity contribution < 1.29 is 14.3 Å². The second kappa shape index (κ2) is 8.43. The van der Waals surface area contributed by atoms with Crippen molar-refractivity contribution in [3.8, 4) is 11.3 Å². The van der Waals surface area contributed by atoms with Crippen LogP contribution in [0.4, 0.5) is 0 Å². The van der Waals surface area contributed by atoms with Gasteiger partial charge in [0.2, 0.25) is 0 Å². The van der Waals surface area contributed by atoms with Gasteiger partial charge >= 0.3 is 5.97 Å². The van der Waals surface area contributed by atoms with E-state index in [1.165, 1.54) is 0 Å². The van der Waals surface area contributed by atoms with Crippen molar-refractivity contribution in [2.75, 3.05) is 19.7 Å². The molecule has 1 unspecified atom stereocenters. The number of nitrogens with zero attached hydrogens (tertiary/aromatic N) is 2. The molecule has 5 heteroatoms. The number of carbonyl (C=O) groups excluding carboxylic acids is 2. The molecule has 0 radical (unpaired) electrons. The maximum absolute atomic E-state index is 12.9. The number of ether oxygens (including phenoxy) is 1. The molecule has 5 nitrogen and oxygen atoms in total. The minimum absolute atomic E-state index is 0.133. The smallest absolute Gasteiger partial charge is 0.339 e. The van der Waals surface area contributed by atoms with Crippen molar-refractivity contribution in [3.05, 3.63) is 66.2 Å². The number of para-hydroxylation sites is 1. The molecule has 1 aliphatic heterocycles. The maximum atomic E-state index is 12.9. The molecule has 0 bridgehead atoms. The predicted octanol–water partition coefficient (Wildman–Crippen LogP) is 4.32. The molecule has 0 saturated carbocycles. The van der Waals surface area contributed by atoms with Crippen molar-refractivity contribution in [3.63, 3.8) is 0 Å². The van der Waals surface area contributed by atoms with Crippen molar-refractivity contribution >= 4 is 22.8 Å². The number of hydrogen-bond donors (Lipinski definition) is 0. The van der Waals surface area contributed by atoms with E-state index in [1.807, 2.05) is 54.6 Å². The number of likely N-dealkylation sites (tertiary alicyclic amines) is 1. The third-order valence-corrected chi connectivity index (χ3v) is 5.34. The van der Waals surface area contributed by atoms with Gasteiger partial charge in [0, 0.05) is 24.0 Å². The highest BCUT2D eigenvalue weighted by Gasteiger charge is 2.23. The zero-order chi connectivity index (χ0) is 20.2. The minimum Gasteiger partial charge on any atom is -0.452 e. The highest BCUT2D eigenvalue weighted by atomic mass is 16.5. The van der Waals surface area contributed by atoms with Gasteiger partial charge in [0.05, 0.1) is 16.8 Å². The fourth-order valence-corrected chi connectivity index (χ4v) is 3.81. The summed E-state index contributed by atoms with van der Waals surface area (Å²) >= 11 is 0. The summed E-state index contributed by atoms with van der Waals surface area (Å²) in [5.41, 5.74) is 2.77. The van der Waals surface area contributed by atoms with E-state index in [9.17, 15) is 9.59 Å². The number of aromatic nitrogens is 1. The van der Waals surface area contributed by atoms with Crippen LogP contribution in [0, 0.1) is 5.92 Å². The molecule has 1 amide bonds. The number of esters is 1. The Morgan fingerprint density at radius 2 is 1.86 bits per heavy atom. The molecule has 1 aromatic heterocycles. The molecule has 0 aliphatic carbocycles. The molecule has 3 aromatic rings. The number of carbonyl (C=O) groups is 2. The third-order valence-electron chi connectivity index (χ3n) is 5.34. The number of rotatable bonds is 4. The summed E-state index contributed by atoms with van der Waals surface area (Å²) in [5.74, 6) is -0.147. The number of pyridine rings is 1. The van der Waals surface area contributed by atoms with E-state index in [1.54, 1.807) is 11.0 Å². The summed E-state index contributed by atoms with van der Waals surface area (Å²) in [6.07, 6.45) is 2.13. The van der Waals surface area contributed by atoms with Crippen LogP contribution >= 0.6 is 0 Å². The number of piperidine rings is 1. The summed E-state index contributed by atoms with van der Waals surface area (Å²) < 4.78 is 5.42. The quantitative estimate of drug-likeness (QED) is 0.625. The van der Waals surface area contributed by atoms with Crippen LogP contribution in [0.25, 0.3) is 22.2 Å². The molecule has 1 saturated heterocycles. The van der Waals surface area contributed by atoms with Crippen LogP contribution < -0.4 is 0 Å². The first-order valence-electron chi connectivity index (χ1n) is 10.0. The molecule has 1 atom stereocenters. The third kappa shape index (κ3) is 4.29. The Labute approximate surface area is 170 Å². The maximum Gasteiger partial charge on any atom is 0.339 e. The summed E-state index contributed by atoms with van der Waals surface area (Å²) in [6, 6.07) is 18.9. The highest BCUT2D eigenvalue weighted by molar-refractivity contribution is 6.05. The minimum atomic E-state index is -0.501. The molecule has 2 heterocycles. The Bertz CT molecular complexity index is 1030. The lowest BCUT2D eigenvalue weighted by molar-refractivity contribution is -0.136. The fraction of sp³-hybridized carbons (Fsp3) is 0.292. The van der Waals surface area contributed by atoms with Gasteiger partial charge in [-0.1, -0.05) is 55.5 Å². The first kappa shape index (κ1) is 19.1. The topological polar surface area (TPSA) is 59.5 Å². The summed E-state index contributed by atoms with van der Waals surface area (Å²) in [7, 11) is 0. The Morgan fingerprint density at radius 1 is 1.10 bits per heavy atom. The Morgan fingerprint density at radius 3 is 2.66 bits per heavy atom. The molecule has 148 valence electrons. The van der Waals surface area contributed by atoms with Gasteiger partial charge in [-0.05, 0) is 30.9 Å². The number of amides is 1. The molecule has 1 aliphatic rings. The van der Waals surface area contributed by atoms with Crippen molar-refractivity contribution in [2.45, 2.75) is 19.8 Å². The lowest BCUT2D eigenvalue weighted by atomic mass is 10.0. The van der Waals surface area contributed by atoms with E-state index < -0.39 is 5.97 Å². The van der Waals surface area contributed by atoms with Gasteiger partial charge in [0.25, 0.3) is 5.91 Å². The van der Waals surface area contributed by atoms with Gasteiger partial charge in [-0.2, -0.15) is 0 Å². The normalized spacial score (nSPS) is 16.6. The number of benzene rings is 2. The predicted molar refractivity (Wildman–Crippen MR) is 112 cm³/mol. The molecule has 2 aromatic carbocycles. The van der Waals surface area contributed by atoms with E-state index in [0.717, 1.165) is 42.4 Å². The van der Waals surface area contributed by atoms with Gasteiger partial charge in [0.15, 0.2) is 6.61 Å². The average molecular weight is 388 g/mol. The lowest BCUT2D eigenvalue weighted by Gasteiger charge is -2.30. The van der Waals surface area contributed by atoms with Gasteiger partial charge in [-0.15, -0.1) is 0 Å². The van der Waals surface area contributed by atoms with Crippen LogP contribution in [-0.2, 0) is 9.53 Å². The standard InChI is InChI=1S/C24H24N2O3/c1-17-8-7-13-26(15-17)23(27)16-29-24(28)20-14-22(18-9-3-2-4-10-18)25-21-12-6-5-11-19(20)21/h2-6,9-12,14,17H,7-8,13,15-16H2,1H3. The number of hydrogen-bond acceptors (Lipinski definition) is 4. The van der Waals surface area contributed by atoms with Crippen LogP contribution in [0.1, 0.15) is 30.1 Å². The molecular formula is C24H24N2O3. The average Bonchev–Trinajstić information content (AvgIpc) is 2.77. The molecule has 0 spiro atoms. The summed E-state index contributed by atoms with van der Waals surface area (Å²) in [6.45, 7) is 3.37. The highest BCUT2D eigenvalue weighted by Crippen LogP contribution is 2.25. The van der Waals surface area contributed by atoms with Crippen LogP contribution in [0.3, 0.4) is 0 Å². The first-order chi connectivity index (χ1) is 14.1. The van der Waals surface area contributed by atoms with Crippen molar-refractivity contribution in [2.24, 2.45) is 5.92 Å². The van der Waals surface area contributed by atoms with Crippen molar-refractivity contribution in [1.29, 1.82) is 0 Å². The molecule has 0 N–H and O–H groups in total. The van der Waals surface area contributed by atoms with Gasteiger partial charge in [-0.3, -0.25) is 4.79 Å². The Kier molecular flexibility index (Phi) is 5.56. The Hall–Kier alpha value is -3.21. The molecular weight excluding hydrogens is 364 g/mol.